The molecule has 0 radical (unpaired) electrons. The van der Waals surface area contributed by atoms with Crippen molar-refractivity contribution in [2.24, 2.45) is 0 Å². The average molecular weight is 388 g/mol. The molecule has 0 aliphatic heterocycles. The molecule has 8 heteroatoms. The van der Waals surface area contributed by atoms with Gasteiger partial charge in [-0.05, 0) is 36.8 Å². The number of oxazole rings is 1. The van der Waals surface area contributed by atoms with Crippen LogP contribution in [0.3, 0.4) is 0 Å². The third-order valence-corrected chi connectivity index (χ3v) is 5.54. The molecule has 3 aromatic rings. The minimum absolute atomic E-state index is 0.0579. The number of hydrogen-bond donors (Lipinski definition) is 1. The number of carbonyl (C=O) groups excluding carboxylic acids is 1. The van der Waals surface area contributed by atoms with Gasteiger partial charge in [0.2, 0.25) is 15.9 Å². The number of nitrogens with zero attached hydrogens (tertiary/aromatic N) is 1. The van der Waals surface area contributed by atoms with Crippen molar-refractivity contribution in [2.45, 2.75) is 31.8 Å². The first kappa shape index (κ1) is 19.1. The third kappa shape index (κ3) is 4.72. The van der Waals surface area contributed by atoms with Crippen molar-refractivity contribution in [1.29, 1.82) is 0 Å². The van der Waals surface area contributed by atoms with E-state index in [1.807, 2.05) is 24.3 Å². The van der Waals surface area contributed by atoms with Crippen LogP contribution >= 0.6 is 0 Å². The molecule has 0 unspecified atom stereocenters. The molecule has 0 fully saturated rings. The molecule has 0 spiro atoms. The Labute approximate surface area is 157 Å². The highest BCUT2D eigenvalue weighted by Crippen LogP contribution is 2.18. The first-order chi connectivity index (χ1) is 12.8. The predicted molar refractivity (Wildman–Crippen MR) is 99.5 cm³/mol. The number of carbonyl (C=O) groups is 1. The van der Waals surface area contributed by atoms with E-state index in [2.05, 4.69) is 9.71 Å². The SMILES string of the molecule is Cc1nc(COC(=O)CCNS(=O)(=O)c2ccc3ccccc3c2)oc1C. The second-order valence-corrected chi connectivity index (χ2v) is 7.83. The summed E-state index contributed by atoms with van der Waals surface area (Å²) in [5.41, 5.74) is 0.740. The van der Waals surface area contributed by atoms with E-state index in [1.54, 1.807) is 26.0 Å². The Bertz CT molecular complexity index is 1050. The van der Waals surface area contributed by atoms with Crippen LogP contribution < -0.4 is 4.72 Å². The minimum Gasteiger partial charge on any atom is -0.456 e. The summed E-state index contributed by atoms with van der Waals surface area (Å²) in [5, 5.41) is 1.79. The fraction of sp³-hybridized carbons (Fsp3) is 0.263. The molecule has 0 amide bonds. The van der Waals surface area contributed by atoms with Gasteiger partial charge in [0.15, 0.2) is 6.61 Å². The monoisotopic (exact) mass is 388 g/mol. The molecule has 1 aromatic heterocycles. The zero-order valence-electron chi connectivity index (χ0n) is 15.1. The highest BCUT2D eigenvalue weighted by atomic mass is 32.2. The Morgan fingerprint density at radius 1 is 1.15 bits per heavy atom. The van der Waals surface area contributed by atoms with Gasteiger partial charge in [0, 0.05) is 6.54 Å². The second-order valence-electron chi connectivity index (χ2n) is 6.07. The lowest BCUT2D eigenvalue weighted by Crippen LogP contribution is -2.26. The zero-order valence-corrected chi connectivity index (χ0v) is 15.9. The lowest BCUT2D eigenvalue weighted by atomic mass is 10.1. The fourth-order valence-electron chi connectivity index (χ4n) is 2.52. The molecule has 27 heavy (non-hydrogen) atoms. The Hall–Kier alpha value is -2.71. The summed E-state index contributed by atoms with van der Waals surface area (Å²) in [6.07, 6.45) is -0.0918. The molecule has 3 rings (SSSR count). The van der Waals surface area contributed by atoms with Crippen LogP contribution in [0.4, 0.5) is 0 Å². The van der Waals surface area contributed by atoms with Gasteiger partial charge in [-0.3, -0.25) is 4.79 Å². The van der Waals surface area contributed by atoms with E-state index in [4.69, 9.17) is 9.15 Å². The molecule has 142 valence electrons. The van der Waals surface area contributed by atoms with Crippen LogP contribution in [0.25, 0.3) is 10.8 Å². The zero-order chi connectivity index (χ0) is 19.4. The number of esters is 1. The van der Waals surface area contributed by atoms with Crippen molar-refractivity contribution in [3.05, 3.63) is 59.8 Å². The van der Waals surface area contributed by atoms with Gasteiger partial charge in [-0.15, -0.1) is 0 Å². The largest absolute Gasteiger partial charge is 0.456 e. The minimum atomic E-state index is -3.71. The highest BCUT2D eigenvalue weighted by Gasteiger charge is 2.15. The van der Waals surface area contributed by atoms with Gasteiger partial charge >= 0.3 is 5.97 Å². The Kier molecular flexibility index (Phi) is 5.57. The topological polar surface area (TPSA) is 98.5 Å². The maximum Gasteiger partial charge on any atom is 0.307 e. The lowest BCUT2D eigenvalue weighted by molar-refractivity contribution is -0.145. The number of benzene rings is 2. The molecule has 0 saturated carbocycles. The summed E-state index contributed by atoms with van der Waals surface area (Å²) < 4.78 is 37.6. The molecule has 1 N–H and O–H groups in total. The van der Waals surface area contributed by atoms with Gasteiger partial charge in [0.1, 0.15) is 5.76 Å². The number of ether oxygens (including phenoxy) is 1. The number of aromatic nitrogens is 1. The highest BCUT2D eigenvalue weighted by molar-refractivity contribution is 7.89. The van der Waals surface area contributed by atoms with Crippen LogP contribution in [-0.4, -0.2) is 25.9 Å². The summed E-state index contributed by atoms with van der Waals surface area (Å²) in [6.45, 7) is 3.43. The Morgan fingerprint density at radius 3 is 2.59 bits per heavy atom. The smallest absolute Gasteiger partial charge is 0.307 e. The van der Waals surface area contributed by atoms with E-state index in [9.17, 15) is 13.2 Å². The fourth-order valence-corrected chi connectivity index (χ4v) is 3.59. The Morgan fingerprint density at radius 2 is 1.89 bits per heavy atom. The van der Waals surface area contributed by atoms with Crippen LogP contribution in [0.2, 0.25) is 0 Å². The van der Waals surface area contributed by atoms with E-state index in [0.717, 1.165) is 16.5 Å². The van der Waals surface area contributed by atoms with Gasteiger partial charge in [-0.25, -0.2) is 18.1 Å². The molecule has 1 heterocycles. The van der Waals surface area contributed by atoms with Crippen molar-refractivity contribution in [1.82, 2.24) is 9.71 Å². The molecular weight excluding hydrogens is 368 g/mol. The molecule has 0 bridgehead atoms. The third-order valence-electron chi connectivity index (χ3n) is 4.08. The van der Waals surface area contributed by atoms with Crippen molar-refractivity contribution < 1.29 is 22.4 Å². The van der Waals surface area contributed by atoms with Crippen molar-refractivity contribution in [3.63, 3.8) is 0 Å². The molecule has 0 saturated heterocycles. The number of fused-ring (bicyclic) bond motifs is 1. The van der Waals surface area contributed by atoms with Crippen LogP contribution in [0.1, 0.15) is 23.8 Å². The number of rotatable bonds is 7. The number of sulfonamides is 1. The predicted octanol–water partition coefficient (Wildman–Crippen LogP) is 2.86. The average Bonchev–Trinajstić information content (AvgIpc) is 2.97. The molecule has 2 aromatic carbocycles. The van der Waals surface area contributed by atoms with Crippen molar-refractivity contribution >= 4 is 26.8 Å². The standard InChI is InChI=1S/C19H20N2O5S/c1-13-14(2)26-18(21-13)12-25-19(22)9-10-20-27(23,24)17-8-7-15-5-3-4-6-16(15)11-17/h3-8,11,20H,9-10,12H2,1-2H3. The van der Waals surface area contributed by atoms with Crippen molar-refractivity contribution in [2.75, 3.05) is 6.54 Å². The summed E-state index contributed by atoms with van der Waals surface area (Å²) >= 11 is 0. The van der Waals surface area contributed by atoms with Crippen LogP contribution in [0, 0.1) is 13.8 Å². The van der Waals surface area contributed by atoms with E-state index in [-0.39, 0.29) is 24.5 Å². The van der Waals surface area contributed by atoms with Crippen LogP contribution in [0.5, 0.6) is 0 Å². The van der Waals surface area contributed by atoms with Gasteiger partial charge < -0.3 is 9.15 Å². The molecule has 0 atom stereocenters. The summed E-state index contributed by atoms with van der Waals surface area (Å²) in [4.78, 5) is 16.0. The first-order valence-electron chi connectivity index (χ1n) is 8.42. The van der Waals surface area contributed by atoms with Crippen molar-refractivity contribution in [3.8, 4) is 0 Å². The quantitative estimate of drug-likeness (QED) is 0.625. The molecular formula is C19H20N2O5S. The number of nitrogens with one attached hydrogen (secondary N) is 1. The first-order valence-corrected chi connectivity index (χ1v) is 9.90. The number of aryl methyl sites for hydroxylation is 2. The second kappa shape index (κ2) is 7.89. The summed E-state index contributed by atoms with van der Waals surface area (Å²) in [7, 11) is -3.71. The van der Waals surface area contributed by atoms with E-state index >= 15 is 0 Å². The van der Waals surface area contributed by atoms with Gasteiger partial charge in [-0.1, -0.05) is 30.3 Å². The molecule has 7 nitrogen and oxygen atoms in total. The maximum absolute atomic E-state index is 12.4. The van der Waals surface area contributed by atoms with E-state index in [1.165, 1.54) is 6.07 Å². The Balaban J connectivity index is 1.52. The summed E-state index contributed by atoms with van der Waals surface area (Å²) in [5.74, 6) is 0.448. The van der Waals surface area contributed by atoms with E-state index in [0.29, 0.717) is 11.7 Å². The van der Waals surface area contributed by atoms with Crippen LogP contribution in [-0.2, 0) is 26.2 Å². The van der Waals surface area contributed by atoms with Gasteiger partial charge in [0.05, 0.1) is 17.0 Å². The summed E-state index contributed by atoms with van der Waals surface area (Å²) in [6, 6.07) is 12.4. The maximum atomic E-state index is 12.4. The van der Waals surface area contributed by atoms with E-state index < -0.39 is 16.0 Å². The number of hydrogen-bond acceptors (Lipinski definition) is 6. The van der Waals surface area contributed by atoms with Gasteiger partial charge in [0.25, 0.3) is 0 Å². The lowest BCUT2D eigenvalue weighted by Gasteiger charge is -2.08. The van der Waals surface area contributed by atoms with Crippen LogP contribution in [0.15, 0.2) is 51.8 Å². The molecule has 0 aliphatic carbocycles. The normalized spacial score (nSPS) is 11.6. The van der Waals surface area contributed by atoms with Gasteiger partial charge in [-0.2, -0.15) is 0 Å². The molecule has 0 aliphatic rings.